The van der Waals surface area contributed by atoms with Gasteiger partial charge in [0, 0.05) is 5.56 Å². The zero-order valence-electron chi connectivity index (χ0n) is 6.29. The number of carbonyl (C=O) groups excluding carboxylic acids is 1. The van der Waals surface area contributed by atoms with E-state index in [1.54, 1.807) is 30.3 Å². The van der Waals surface area contributed by atoms with E-state index >= 15 is 0 Å². The molecule has 3 nitrogen and oxygen atoms in total. The molecule has 0 saturated heterocycles. The van der Waals surface area contributed by atoms with E-state index in [-0.39, 0.29) is 0 Å². The van der Waals surface area contributed by atoms with Gasteiger partial charge in [0.1, 0.15) is 0 Å². The number of amides is 1. The topological polar surface area (TPSA) is 38.3 Å². The fourth-order valence-electron chi connectivity index (χ4n) is 0.741. The van der Waals surface area contributed by atoms with Crippen molar-refractivity contribution in [2.75, 3.05) is 6.86 Å². The van der Waals surface area contributed by atoms with Crippen LogP contribution in [0.3, 0.4) is 0 Å². The number of rotatable bonds is 3. The maximum atomic E-state index is 11.4. The van der Waals surface area contributed by atoms with E-state index in [9.17, 15) is 9.18 Å². The number of hydrogen-bond donors (Lipinski definition) is 1. The molecule has 0 atom stereocenters. The summed E-state index contributed by atoms with van der Waals surface area (Å²) in [6, 6.07) is 8.43. The van der Waals surface area contributed by atoms with Gasteiger partial charge in [0.15, 0.2) is 0 Å². The molecule has 0 bridgehead atoms. The molecule has 1 amide bonds. The summed E-state index contributed by atoms with van der Waals surface area (Å²) in [7, 11) is 0. The van der Waals surface area contributed by atoms with Crippen molar-refractivity contribution >= 4 is 5.91 Å². The summed E-state index contributed by atoms with van der Waals surface area (Å²) in [5.41, 5.74) is 2.37. The van der Waals surface area contributed by atoms with Crippen molar-refractivity contribution in [3.8, 4) is 0 Å². The van der Waals surface area contributed by atoms with Gasteiger partial charge in [0.2, 0.25) is 6.86 Å². The molecule has 12 heavy (non-hydrogen) atoms. The van der Waals surface area contributed by atoms with E-state index in [1.807, 2.05) is 5.48 Å². The van der Waals surface area contributed by atoms with Crippen LogP contribution in [-0.2, 0) is 4.84 Å². The molecule has 1 aromatic carbocycles. The van der Waals surface area contributed by atoms with Gasteiger partial charge in [-0.25, -0.2) is 14.7 Å². The van der Waals surface area contributed by atoms with Gasteiger partial charge in [-0.15, -0.1) is 0 Å². The fraction of sp³-hybridized carbons (Fsp3) is 0.125. The molecule has 0 heterocycles. The van der Waals surface area contributed by atoms with Gasteiger partial charge < -0.3 is 0 Å². The molecule has 1 rings (SSSR count). The molecule has 0 aliphatic carbocycles. The number of alkyl halides is 1. The van der Waals surface area contributed by atoms with Crippen LogP contribution < -0.4 is 5.48 Å². The molecule has 64 valence electrons. The normalized spacial score (nSPS) is 9.42. The van der Waals surface area contributed by atoms with Gasteiger partial charge in [0.05, 0.1) is 0 Å². The van der Waals surface area contributed by atoms with Crippen LogP contribution in [0.5, 0.6) is 0 Å². The maximum Gasteiger partial charge on any atom is 0.274 e. The van der Waals surface area contributed by atoms with Crippen molar-refractivity contribution < 1.29 is 14.0 Å². The highest BCUT2D eigenvalue weighted by atomic mass is 19.1. The van der Waals surface area contributed by atoms with E-state index in [1.165, 1.54) is 0 Å². The first-order valence-electron chi connectivity index (χ1n) is 3.37. The van der Waals surface area contributed by atoms with E-state index in [0.717, 1.165) is 0 Å². The summed E-state index contributed by atoms with van der Waals surface area (Å²) in [6.45, 7) is -1.03. The average molecular weight is 169 g/mol. The Hall–Kier alpha value is -1.42. The van der Waals surface area contributed by atoms with Crippen molar-refractivity contribution in [3.05, 3.63) is 35.9 Å². The Morgan fingerprint density at radius 1 is 1.42 bits per heavy atom. The van der Waals surface area contributed by atoms with Crippen LogP contribution in [-0.4, -0.2) is 12.8 Å². The van der Waals surface area contributed by atoms with Crippen molar-refractivity contribution in [1.29, 1.82) is 0 Å². The van der Waals surface area contributed by atoms with E-state index in [2.05, 4.69) is 4.84 Å². The molecule has 1 N–H and O–H groups in total. The number of benzene rings is 1. The Bertz CT molecular complexity index is 250. The lowest BCUT2D eigenvalue weighted by atomic mass is 10.2. The number of hydrogen-bond acceptors (Lipinski definition) is 2. The van der Waals surface area contributed by atoms with Crippen LogP contribution >= 0.6 is 0 Å². The number of nitrogens with one attached hydrogen (secondary N) is 1. The highest BCUT2D eigenvalue weighted by molar-refractivity contribution is 5.93. The summed E-state index contributed by atoms with van der Waals surface area (Å²) in [4.78, 5) is 15.1. The lowest BCUT2D eigenvalue weighted by Gasteiger charge is -2.00. The predicted molar refractivity (Wildman–Crippen MR) is 41.0 cm³/mol. The van der Waals surface area contributed by atoms with Crippen molar-refractivity contribution in [1.82, 2.24) is 5.48 Å². The summed E-state index contributed by atoms with van der Waals surface area (Å²) in [5, 5.41) is 0. The molecule has 0 aliphatic rings. The molecule has 0 saturated carbocycles. The number of hydroxylamine groups is 1. The molecule has 4 heteroatoms. The second-order valence-electron chi connectivity index (χ2n) is 2.05. The van der Waals surface area contributed by atoms with Gasteiger partial charge >= 0.3 is 0 Å². The van der Waals surface area contributed by atoms with Gasteiger partial charge in [-0.05, 0) is 12.1 Å². The lowest BCUT2D eigenvalue weighted by Crippen LogP contribution is -2.23. The fourth-order valence-corrected chi connectivity index (χ4v) is 0.741. The summed E-state index contributed by atoms with van der Waals surface area (Å²) >= 11 is 0. The number of carbonyl (C=O) groups is 1. The Morgan fingerprint density at radius 2 is 2.08 bits per heavy atom. The Morgan fingerprint density at radius 3 is 2.67 bits per heavy atom. The third kappa shape index (κ3) is 2.32. The van der Waals surface area contributed by atoms with Gasteiger partial charge in [-0.3, -0.25) is 4.79 Å². The van der Waals surface area contributed by atoms with E-state index in [0.29, 0.717) is 5.56 Å². The second-order valence-corrected chi connectivity index (χ2v) is 2.05. The zero-order chi connectivity index (χ0) is 8.81. The third-order valence-electron chi connectivity index (χ3n) is 1.26. The first-order chi connectivity index (χ1) is 5.84. The molecule has 0 radical (unpaired) electrons. The standard InChI is InChI=1S/C8H8FNO2/c9-6-12-10-8(11)7-4-2-1-3-5-7/h1-5H,6H2,(H,10,11). The third-order valence-corrected chi connectivity index (χ3v) is 1.26. The maximum absolute atomic E-state index is 11.4. The Balaban J connectivity index is 2.54. The SMILES string of the molecule is O=C(NOCF)c1ccccc1. The average Bonchev–Trinajstić information content (AvgIpc) is 2.15. The number of halogens is 1. The minimum absolute atomic E-state index is 0.436. The van der Waals surface area contributed by atoms with Gasteiger partial charge in [-0.2, -0.15) is 0 Å². The van der Waals surface area contributed by atoms with Crippen molar-refractivity contribution in [3.63, 3.8) is 0 Å². The second kappa shape index (κ2) is 4.46. The monoisotopic (exact) mass is 169 g/mol. The van der Waals surface area contributed by atoms with Crippen LogP contribution in [0, 0.1) is 0 Å². The molecular weight excluding hydrogens is 161 g/mol. The van der Waals surface area contributed by atoms with Crippen molar-refractivity contribution in [2.24, 2.45) is 0 Å². The highest BCUT2D eigenvalue weighted by Gasteiger charge is 2.02. The largest absolute Gasteiger partial charge is 0.274 e. The molecule has 0 aliphatic heterocycles. The highest BCUT2D eigenvalue weighted by Crippen LogP contribution is 1.97. The van der Waals surface area contributed by atoms with Gasteiger partial charge in [-0.1, -0.05) is 18.2 Å². The zero-order valence-corrected chi connectivity index (χ0v) is 6.29. The molecule has 0 unspecified atom stereocenters. The minimum Gasteiger partial charge on any atom is -0.267 e. The minimum atomic E-state index is -1.03. The summed E-state index contributed by atoms with van der Waals surface area (Å²) < 4.78 is 11.4. The lowest BCUT2D eigenvalue weighted by molar-refractivity contribution is -0.00931. The molecule has 0 fully saturated rings. The smallest absolute Gasteiger partial charge is 0.267 e. The molecule has 1 aromatic rings. The molecular formula is C8H8FNO2. The van der Waals surface area contributed by atoms with Crippen LogP contribution in [0.15, 0.2) is 30.3 Å². The first kappa shape index (κ1) is 8.67. The summed E-state index contributed by atoms with van der Waals surface area (Å²) in [5.74, 6) is -0.451. The van der Waals surface area contributed by atoms with Crippen LogP contribution in [0.4, 0.5) is 4.39 Å². The van der Waals surface area contributed by atoms with Crippen molar-refractivity contribution in [2.45, 2.75) is 0 Å². The van der Waals surface area contributed by atoms with Crippen LogP contribution in [0.1, 0.15) is 10.4 Å². The van der Waals surface area contributed by atoms with Gasteiger partial charge in [0.25, 0.3) is 5.91 Å². The Labute approximate surface area is 69.1 Å². The van der Waals surface area contributed by atoms with Crippen LogP contribution in [0.25, 0.3) is 0 Å². The summed E-state index contributed by atoms with van der Waals surface area (Å²) in [6.07, 6.45) is 0. The molecule has 0 spiro atoms. The van der Waals surface area contributed by atoms with E-state index < -0.39 is 12.8 Å². The van der Waals surface area contributed by atoms with Crippen LogP contribution in [0.2, 0.25) is 0 Å². The quantitative estimate of drug-likeness (QED) is 0.692. The first-order valence-corrected chi connectivity index (χ1v) is 3.37. The van der Waals surface area contributed by atoms with E-state index in [4.69, 9.17) is 0 Å². The molecule has 0 aromatic heterocycles. The predicted octanol–water partition coefficient (Wildman–Crippen LogP) is 1.27. The Kier molecular flexibility index (Phi) is 3.22.